The Morgan fingerprint density at radius 3 is 2.56 bits per heavy atom. The first-order valence-corrected chi connectivity index (χ1v) is 9.53. The fourth-order valence-corrected chi connectivity index (χ4v) is 3.61. The molecule has 0 fully saturated rings. The van der Waals surface area contributed by atoms with Crippen molar-refractivity contribution in [1.82, 2.24) is 14.5 Å². The van der Waals surface area contributed by atoms with E-state index in [0.29, 0.717) is 15.8 Å². The summed E-state index contributed by atoms with van der Waals surface area (Å²) in [6, 6.07) is 7.28. The second-order valence-corrected chi connectivity index (χ2v) is 7.31. The number of amides is 1. The lowest BCUT2D eigenvalue weighted by atomic mass is 10.2. The average molecular weight is 389 g/mol. The summed E-state index contributed by atoms with van der Waals surface area (Å²) in [7, 11) is 0. The fourth-order valence-electron chi connectivity index (χ4n) is 2.76. The molecule has 0 aliphatic rings. The second-order valence-electron chi connectivity index (χ2n) is 6.40. The minimum atomic E-state index is -0.561. The molecule has 3 rings (SSSR count). The first-order chi connectivity index (χ1) is 12.9. The van der Waals surface area contributed by atoms with Crippen molar-refractivity contribution in [2.24, 2.45) is 0 Å². The Balaban J connectivity index is 2.04. The lowest BCUT2D eigenvalue weighted by molar-refractivity contribution is -0.122. The van der Waals surface area contributed by atoms with Crippen molar-refractivity contribution < 1.29 is 9.18 Å². The minimum Gasteiger partial charge on any atom is -0.352 e. The summed E-state index contributed by atoms with van der Waals surface area (Å²) in [6.45, 7) is 3.69. The van der Waals surface area contributed by atoms with Crippen LogP contribution in [0.4, 0.5) is 4.39 Å². The zero-order valence-electron chi connectivity index (χ0n) is 15.1. The van der Waals surface area contributed by atoms with E-state index < -0.39 is 11.2 Å². The van der Waals surface area contributed by atoms with Crippen molar-refractivity contribution >= 4 is 27.5 Å². The number of carbonyl (C=O) groups is 1. The number of fused-ring (bicyclic) bond motifs is 1. The van der Waals surface area contributed by atoms with Crippen molar-refractivity contribution in [3.8, 4) is 0 Å². The zero-order valence-corrected chi connectivity index (χ0v) is 15.9. The number of benzene rings is 1. The molecule has 3 aromatic rings. The Labute approximate surface area is 158 Å². The third-order valence-corrected chi connectivity index (χ3v) is 5.30. The van der Waals surface area contributed by atoms with Crippen LogP contribution in [0, 0.1) is 5.82 Å². The van der Waals surface area contributed by atoms with Crippen LogP contribution < -0.4 is 16.6 Å². The van der Waals surface area contributed by atoms with E-state index in [1.54, 1.807) is 11.4 Å². The molecule has 8 heteroatoms. The van der Waals surface area contributed by atoms with Crippen molar-refractivity contribution in [2.75, 3.05) is 0 Å². The first-order valence-electron chi connectivity index (χ1n) is 8.65. The summed E-state index contributed by atoms with van der Waals surface area (Å²) in [6.07, 6.45) is 0.776. The second kappa shape index (κ2) is 7.87. The van der Waals surface area contributed by atoms with Gasteiger partial charge in [-0.3, -0.25) is 18.7 Å². The Morgan fingerprint density at radius 1 is 1.19 bits per heavy atom. The smallest absolute Gasteiger partial charge is 0.332 e. The molecule has 0 bridgehead atoms. The molecule has 1 N–H and O–H groups in total. The molecule has 1 atom stereocenters. The third-order valence-electron chi connectivity index (χ3n) is 4.41. The fraction of sp³-hybridized carbons (Fsp3) is 0.316. The predicted molar refractivity (Wildman–Crippen MR) is 104 cm³/mol. The lowest BCUT2D eigenvalue weighted by Crippen LogP contribution is -2.43. The van der Waals surface area contributed by atoms with Crippen LogP contribution >= 0.6 is 11.3 Å². The van der Waals surface area contributed by atoms with Gasteiger partial charge in [0.15, 0.2) is 0 Å². The van der Waals surface area contributed by atoms with Crippen LogP contribution in [0.2, 0.25) is 0 Å². The van der Waals surface area contributed by atoms with Gasteiger partial charge in [0, 0.05) is 6.04 Å². The number of hydrogen-bond acceptors (Lipinski definition) is 4. The average Bonchev–Trinajstić information content (AvgIpc) is 3.13. The maximum absolute atomic E-state index is 13.1. The van der Waals surface area contributed by atoms with Gasteiger partial charge in [-0.15, -0.1) is 11.3 Å². The number of rotatable bonds is 6. The number of halogens is 1. The molecule has 0 saturated carbocycles. The summed E-state index contributed by atoms with van der Waals surface area (Å²) < 4.78 is 15.9. The largest absolute Gasteiger partial charge is 0.352 e. The van der Waals surface area contributed by atoms with E-state index in [1.807, 2.05) is 13.8 Å². The quantitative estimate of drug-likeness (QED) is 0.703. The number of hydrogen-bond donors (Lipinski definition) is 1. The Kier molecular flexibility index (Phi) is 5.55. The predicted octanol–water partition coefficient (Wildman–Crippen LogP) is 2.33. The molecule has 0 aliphatic carbocycles. The number of thiophene rings is 1. The normalized spacial score (nSPS) is 12.3. The first kappa shape index (κ1) is 19.0. The van der Waals surface area contributed by atoms with Gasteiger partial charge >= 0.3 is 5.69 Å². The summed E-state index contributed by atoms with van der Waals surface area (Å²) in [5.74, 6) is -0.676. The Hall–Kier alpha value is -2.74. The van der Waals surface area contributed by atoms with Gasteiger partial charge in [0.25, 0.3) is 5.56 Å². The summed E-state index contributed by atoms with van der Waals surface area (Å²) in [4.78, 5) is 38.0. The van der Waals surface area contributed by atoms with Crippen LogP contribution in [-0.4, -0.2) is 21.1 Å². The number of nitrogens with zero attached hydrogens (tertiary/aromatic N) is 2. The van der Waals surface area contributed by atoms with Crippen molar-refractivity contribution in [3.63, 3.8) is 0 Å². The molecule has 0 spiro atoms. The molecule has 0 saturated heterocycles. The highest BCUT2D eigenvalue weighted by molar-refractivity contribution is 7.17. The summed E-state index contributed by atoms with van der Waals surface area (Å²) in [5, 5.41) is 4.55. The van der Waals surface area contributed by atoms with Gasteiger partial charge in [0.05, 0.1) is 12.1 Å². The van der Waals surface area contributed by atoms with Crippen molar-refractivity contribution in [2.45, 2.75) is 39.4 Å². The monoisotopic (exact) mass is 389 g/mol. The SMILES string of the molecule is CCC(C)NC(=O)Cn1c(=O)n(Cc2ccc(F)cc2)c(=O)c2sccc21. The van der Waals surface area contributed by atoms with E-state index in [9.17, 15) is 18.8 Å². The molecular formula is C19H20FN3O3S. The van der Waals surface area contributed by atoms with E-state index in [-0.39, 0.29) is 30.9 Å². The third kappa shape index (κ3) is 4.00. The van der Waals surface area contributed by atoms with Crippen molar-refractivity contribution in [1.29, 1.82) is 0 Å². The highest BCUT2D eigenvalue weighted by Crippen LogP contribution is 2.15. The maximum atomic E-state index is 13.1. The Morgan fingerprint density at radius 2 is 1.89 bits per heavy atom. The van der Waals surface area contributed by atoms with Gasteiger partial charge in [0.1, 0.15) is 17.1 Å². The van der Waals surface area contributed by atoms with E-state index in [2.05, 4.69) is 5.32 Å². The summed E-state index contributed by atoms with van der Waals surface area (Å²) in [5.41, 5.74) is 0.106. The molecule has 1 amide bonds. The minimum absolute atomic E-state index is 0.00344. The Bertz CT molecular complexity index is 1080. The molecule has 0 aliphatic heterocycles. The molecule has 2 aromatic heterocycles. The van der Waals surface area contributed by atoms with E-state index in [0.717, 1.165) is 11.0 Å². The van der Waals surface area contributed by atoms with Crippen molar-refractivity contribution in [3.05, 3.63) is 67.9 Å². The molecule has 1 unspecified atom stereocenters. The molecule has 0 radical (unpaired) electrons. The molecule has 6 nitrogen and oxygen atoms in total. The van der Waals surface area contributed by atoms with Gasteiger partial charge in [0.2, 0.25) is 5.91 Å². The van der Waals surface area contributed by atoms with Crippen LogP contribution in [0.1, 0.15) is 25.8 Å². The van der Waals surface area contributed by atoms with Gasteiger partial charge in [-0.05, 0) is 42.5 Å². The molecule has 1 aromatic carbocycles. The standard InChI is InChI=1S/C19H20FN3O3S/c1-3-12(2)21-16(24)11-22-15-8-9-27-17(15)18(25)23(19(22)26)10-13-4-6-14(20)7-5-13/h4-9,12H,3,10-11H2,1-2H3,(H,21,24). The molecule has 2 heterocycles. The summed E-state index contributed by atoms with van der Waals surface area (Å²) >= 11 is 1.22. The lowest BCUT2D eigenvalue weighted by Gasteiger charge is -2.15. The highest BCUT2D eigenvalue weighted by atomic mass is 32.1. The van der Waals surface area contributed by atoms with E-state index in [1.165, 1.54) is 40.2 Å². The van der Waals surface area contributed by atoms with Gasteiger partial charge in [-0.1, -0.05) is 19.1 Å². The number of aromatic nitrogens is 2. The number of carbonyl (C=O) groups excluding carboxylic acids is 1. The van der Waals surface area contributed by atoms with E-state index >= 15 is 0 Å². The van der Waals surface area contributed by atoms with Gasteiger partial charge < -0.3 is 5.32 Å². The molecule has 27 heavy (non-hydrogen) atoms. The van der Waals surface area contributed by atoms with Crippen LogP contribution in [0.15, 0.2) is 45.3 Å². The number of nitrogens with one attached hydrogen (secondary N) is 1. The maximum Gasteiger partial charge on any atom is 0.332 e. The zero-order chi connectivity index (χ0) is 19.6. The van der Waals surface area contributed by atoms with E-state index in [4.69, 9.17) is 0 Å². The van der Waals surface area contributed by atoms with Crippen LogP contribution in [-0.2, 0) is 17.9 Å². The molecule has 142 valence electrons. The highest BCUT2D eigenvalue weighted by Gasteiger charge is 2.17. The van der Waals surface area contributed by atoms with Crippen LogP contribution in [0.5, 0.6) is 0 Å². The van der Waals surface area contributed by atoms with Gasteiger partial charge in [-0.2, -0.15) is 0 Å². The van der Waals surface area contributed by atoms with Crippen LogP contribution in [0.3, 0.4) is 0 Å². The molecular weight excluding hydrogens is 369 g/mol. The van der Waals surface area contributed by atoms with Gasteiger partial charge in [-0.25, -0.2) is 9.18 Å². The van der Waals surface area contributed by atoms with Crippen LogP contribution in [0.25, 0.3) is 10.2 Å². The topological polar surface area (TPSA) is 73.1 Å².